The first kappa shape index (κ1) is 24.6. The van der Waals surface area contributed by atoms with Crippen LogP contribution in [0.2, 0.25) is 0 Å². The first-order valence-electron chi connectivity index (χ1n) is 11.0. The SMILES string of the molecule is CCOC(=O)c1sc(NC(=O)COC(=O)c2ccc3nc(-c4ccc(C)cc4)[nH]c3c2)c(C#N)c1C. The fourth-order valence-corrected chi connectivity index (χ4v) is 4.56. The molecule has 0 atom stereocenters. The molecule has 0 aliphatic carbocycles. The molecule has 0 radical (unpaired) electrons. The zero-order valence-corrected chi connectivity index (χ0v) is 20.6. The summed E-state index contributed by atoms with van der Waals surface area (Å²) in [5.41, 5.74) is 4.25. The summed E-state index contributed by atoms with van der Waals surface area (Å²) in [5.74, 6) is -1.21. The number of aromatic amines is 1. The molecule has 0 aliphatic heterocycles. The standard InChI is InChI=1S/C26H22N4O5S/c1-4-34-26(33)22-15(3)18(12-27)24(36-22)30-21(31)13-35-25(32)17-9-10-19-20(11-17)29-23(28-19)16-7-5-14(2)6-8-16/h5-11H,4,13H2,1-3H3,(H,28,29)(H,30,31). The highest BCUT2D eigenvalue weighted by Crippen LogP contribution is 2.33. The predicted octanol–water partition coefficient (Wildman–Crippen LogP) is 4.75. The van der Waals surface area contributed by atoms with Crippen molar-refractivity contribution in [2.24, 2.45) is 0 Å². The Morgan fingerprint density at radius 1 is 1.08 bits per heavy atom. The van der Waals surface area contributed by atoms with Gasteiger partial charge >= 0.3 is 11.9 Å². The lowest BCUT2D eigenvalue weighted by molar-refractivity contribution is -0.119. The topological polar surface area (TPSA) is 134 Å². The summed E-state index contributed by atoms with van der Waals surface area (Å²) < 4.78 is 10.1. The Kier molecular flexibility index (Phi) is 7.12. The van der Waals surface area contributed by atoms with Crippen molar-refractivity contribution >= 4 is 45.2 Å². The van der Waals surface area contributed by atoms with Crippen molar-refractivity contribution < 1.29 is 23.9 Å². The zero-order valence-electron chi connectivity index (χ0n) is 19.8. The van der Waals surface area contributed by atoms with Gasteiger partial charge in [0, 0.05) is 5.56 Å². The minimum Gasteiger partial charge on any atom is -0.462 e. The molecule has 0 fully saturated rings. The van der Waals surface area contributed by atoms with Crippen molar-refractivity contribution in [3.8, 4) is 17.5 Å². The molecule has 0 unspecified atom stereocenters. The molecular weight excluding hydrogens is 480 g/mol. The number of amides is 1. The second-order valence-corrected chi connectivity index (χ2v) is 8.92. The van der Waals surface area contributed by atoms with Gasteiger partial charge in [0.2, 0.25) is 0 Å². The number of benzene rings is 2. The van der Waals surface area contributed by atoms with E-state index in [2.05, 4.69) is 15.3 Å². The van der Waals surface area contributed by atoms with Crippen LogP contribution in [-0.2, 0) is 14.3 Å². The maximum Gasteiger partial charge on any atom is 0.348 e. The Hall–Kier alpha value is -4.49. The summed E-state index contributed by atoms with van der Waals surface area (Å²) in [6, 6.07) is 14.8. The summed E-state index contributed by atoms with van der Waals surface area (Å²) in [6.07, 6.45) is 0. The van der Waals surface area contributed by atoms with Gasteiger partial charge in [-0.05, 0) is 44.5 Å². The molecule has 10 heteroatoms. The fraction of sp³-hybridized carbons (Fsp3) is 0.192. The van der Waals surface area contributed by atoms with Gasteiger partial charge < -0.3 is 19.8 Å². The van der Waals surface area contributed by atoms with E-state index >= 15 is 0 Å². The Balaban J connectivity index is 1.42. The van der Waals surface area contributed by atoms with Gasteiger partial charge in [-0.25, -0.2) is 14.6 Å². The van der Waals surface area contributed by atoms with E-state index in [1.807, 2.05) is 37.3 Å². The third-order valence-corrected chi connectivity index (χ3v) is 6.54. The predicted molar refractivity (Wildman–Crippen MR) is 135 cm³/mol. The summed E-state index contributed by atoms with van der Waals surface area (Å²) in [4.78, 5) is 45.0. The van der Waals surface area contributed by atoms with E-state index in [9.17, 15) is 19.6 Å². The van der Waals surface area contributed by atoms with Gasteiger partial charge in [0.15, 0.2) is 6.61 Å². The lowest BCUT2D eigenvalue weighted by Crippen LogP contribution is -2.20. The number of rotatable bonds is 7. The number of ether oxygens (including phenoxy) is 2. The molecule has 36 heavy (non-hydrogen) atoms. The number of imidazole rings is 1. The highest BCUT2D eigenvalue weighted by atomic mass is 32.1. The summed E-state index contributed by atoms with van der Waals surface area (Å²) in [5, 5.41) is 12.2. The molecule has 4 aromatic rings. The van der Waals surface area contributed by atoms with Crippen LogP contribution in [0.15, 0.2) is 42.5 Å². The molecule has 1 amide bonds. The molecule has 0 saturated carbocycles. The van der Waals surface area contributed by atoms with E-state index in [4.69, 9.17) is 9.47 Å². The smallest absolute Gasteiger partial charge is 0.348 e. The molecule has 0 bridgehead atoms. The number of esters is 2. The molecule has 0 saturated heterocycles. The van der Waals surface area contributed by atoms with Crippen LogP contribution in [-0.4, -0.2) is 41.0 Å². The third kappa shape index (κ3) is 5.11. The van der Waals surface area contributed by atoms with Gasteiger partial charge in [-0.1, -0.05) is 29.8 Å². The van der Waals surface area contributed by atoms with Crippen molar-refractivity contribution in [3.05, 3.63) is 69.6 Å². The second-order valence-electron chi connectivity index (χ2n) is 7.90. The Labute approximate surface area is 210 Å². The largest absolute Gasteiger partial charge is 0.462 e. The number of carbonyl (C=O) groups is 3. The molecule has 9 nitrogen and oxygen atoms in total. The average molecular weight is 503 g/mol. The van der Waals surface area contributed by atoms with Crippen LogP contribution in [0.3, 0.4) is 0 Å². The zero-order chi connectivity index (χ0) is 25.8. The lowest BCUT2D eigenvalue weighted by Gasteiger charge is -2.06. The Bertz CT molecular complexity index is 1510. The highest BCUT2D eigenvalue weighted by molar-refractivity contribution is 7.18. The number of hydrogen-bond acceptors (Lipinski definition) is 8. The second kappa shape index (κ2) is 10.4. The van der Waals surface area contributed by atoms with E-state index in [0.29, 0.717) is 22.4 Å². The normalized spacial score (nSPS) is 10.6. The number of nitriles is 1. The van der Waals surface area contributed by atoms with E-state index in [1.165, 1.54) is 0 Å². The van der Waals surface area contributed by atoms with Crippen molar-refractivity contribution in [1.29, 1.82) is 5.26 Å². The number of fused-ring (bicyclic) bond motifs is 1. The van der Waals surface area contributed by atoms with Crippen LogP contribution in [0, 0.1) is 25.2 Å². The number of aromatic nitrogens is 2. The van der Waals surface area contributed by atoms with Gasteiger partial charge in [-0.2, -0.15) is 5.26 Å². The van der Waals surface area contributed by atoms with Crippen LogP contribution in [0.5, 0.6) is 0 Å². The number of nitrogens with one attached hydrogen (secondary N) is 2. The maximum atomic E-state index is 12.6. The first-order valence-corrected chi connectivity index (χ1v) is 11.9. The number of carbonyl (C=O) groups excluding carboxylic acids is 3. The van der Waals surface area contributed by atoms with E-state index in [1.54, 1.807) is 32.0 Å². The van der Waals surface area contributed by atoms with Crippen molar-refractivity contribution in [3.63, 3.8) is 0 Å². The minimum absolute atomic E-state index is 0.164. The number of aryl methyl sites for hydroxylation is 1. The minimum atomic E-state index is -0.686. The Morgan fingerprint density at radius 3 is 2.53 bits per heavy atom. The van der Waals surface area contributed by atoms with Gasteiger partial charge in [0.1, 0.15) is 21.8 Å². The number of H-pyrrole nitrogens is 1. The monoisotopic (exact) mass is 502 g/mol. The molecule has 4 rings (SSSR count). The molecule has 2 aromatic carbocycles. The van der Waals surface area contributed by atoms with E-state index in [0.717, 1.165) is 22.5 Å². The van der Waals surface area contributed by atoms with Gasteiger partial charge in [0.05, 0.1) is 28.8 Å². The molecule has 0 spiro atoms. The van der Waals surface area contributed by atoms with Crippen LogP contribution in [0.25, 0.3) is 22.4 Å². The first-order chi connectivity index (χ1) is 17.3. The van der Waals surface area contributed by atoms with Crippen LogP contribution < -0.4 is 5.32 Å². The molecule has 0 aliphatic rings. The van der Waals surface area contributed by atoms with Crippen LogP contribution >= 0.6 is 11.3 Å². The summed E-state index contributed by atoms with van der Waals surface area (Å²) >= 11 is 0.940. The highest BCUT2D eigenvalue weighted by Gasteiger charge is 2.22. The lowest BCUT2D eigenvalue weighted by atomic mass is 10.1. The maximum absolute atomic E-state index is 12.6. The van der Waals surface area contributed by atoms with Crippen molar-refractivity contribution in [2.45, 2.75) is 20.8 Å². The van der Waals surface area contributed by atoms with E-state index < -0.39 is 24.5 Å². The molecular formula is C26H22N4O5S. The Morgan fingerprint density at radius 2 is 1.83 bits per heavy atom. The van der Waals surface area contributed by atoms with Gasteiger partial charge in [-0.15, -0.1) is 11.3 Å². The molecule has 182 valence electrons. The fourth-order valence-electron chi connectivity index (χ4n) is 3.49. The summed E-state index contributed by atoms with van der Waals surface area (Å²) in [6.45, 7) is 4.91. The molecule has 2 N–H and O–H groups in total. The summed E-state index contributed by atoms with van der Waals surface area (Å²) in [7, 11) is 0. The van der Waals surface area contributed by atoms with Crippen molar-refractivity contribution in [1.82, 2.24) is 9.97 Å². The van der Waals surface area contributed by atoms with Gasteiger partial charge in [-0.3, -0.25) is 4.79 Å². The molecule has 2 heterocycles. The number of anilines is 1. The van der Waals surface area contributed by atoms with E-state index in [-0.39, 0.29) is 27.6 Å². The molecule has 2 aromatic heterocycles. The number of nitrogens with zero attached hydrogens (tertiary/aromatic N) is 2. The van der Waals surface area contributed by atoms with Gasteiger partial charge in [0.25, 0.3) is 5.91 Å². The average Bonchev–Trinajstić information content (AvgIpc) is 3.43. The third-order valence-electron chi connectivity index (χ3n) is 5.35. The quantitative estimate of drug-likeness (QED) is 0.348. The number of thiophene rings is 1. The van der Waals surface area contributed by atoms with Crippen LogP contribution in [0.4, 0.5) is 5.00 Å². The van der Waals surface area contributed by atoms with Crippen LogP contribution in [0.1, 0.15) is 43.6 Å². The van der Waals surface area contributed by atoms with Crippen molar-refractivity contribution in [2.75, 3.05) is 18.5 Å². The number of hydrogen-bond donors (Lipinski definition) is 2.